The van der Waals surface area contributed by atoms with Gasteiger partial charge in [-0.15, -0.1) is 0 Å². The first-order chi connectivity index (χ1) is 6.54. The molecule has 0 saturated heterocycles. The normalized spacial score (nSPS) is 8.93. The van der Waals surface area contributed by atoms with Crippen LogP contribution in [0.1, 0.15) is 29.8 Å². The van der Waals surface area contributed by atoms with Crippen LogP contribution >= 0.6 is 23.2 Å². The summed E-state index contributed by atoms with van der Waals surface area (Å²) in [5.41, 5.74) is 0.570. The van der Waals surface area contributed by atoms with Gasteiger partial charge in [0.2, 0.25) is 0 Å². The number of halogens is 2. The Morgan fingerprint density at radius 2 is 1.64 bits per heavy atom. The van der Waals surface area contributed by atoms with Gasteiger partial charge in [-0.3, -0.25) is 0 Å². The molecule has 1 aromatic rings. The molecule has 78 valence electrons. The maximum Gasteiger partial charge on any atom is 0.337 e. The number of carbonyl (C=O) groups is 1. The molecule has 0 atom stereocenters. The van der Waals surface area contributed by atoms with Crippen LogP contribution in [0.2, 0.25) is 10.0 Å². The molecule has 1 N–H and O–H groups in total. The van der Waals surface area contributed by atoms with Crippen molar-refractivity contribution in [2.24, 2.45) is 0 Å². The lowest BCUT2D eigenvalue weighted by Gasteiger charge is -2.04. The summed E-state index contributed by atoms with van der Waals surface area (Å²) >= 11 is 11.4. The summed E-state index contributed by atoms with van der Waals surface area (Å²) in [7, 11) is 0. The molecule has 1 aromatic carbocycles. The van der Waals surface area contributed by atoms with Crippen LogP contribution in [0.5, 0.6) is 0 Å². The third-order valence-corrected chi connectivity index (χ3v) is 2.29. The molecular formula is C10H12Cl2O2. The zero-order valence-electron chi connectivity index (χ0n) is 8.27. The number of aromatic carboxylic acids is 1. The number of hydrogen-bond donors (Lipinski definition) is 1. The zero-order valence-corrected chi connectivity index (χ0v) is 9.78. The van der Waals surface area contributed by atoms with Gasteiger partial charge in [0, 0.05) is 5.02 Å². The average molecular weight is 235 g/mol. The van der Waals surface area contributed by atoms with Gasteiger partial charge in [-0.05, 0) is 24.6 Å². The largest absolute Gasteiger partial charge is 0.478 e. The highest BCUT2D eigenvalue weighted by Gasteiger charge is 2.13. The monoisotopic (exact) mass is 234 g/mol. The van der Waals surface area contributed by atoms with E-state index < -0.39 is 5.97 Å². The summed E-state index contributed by atoms with van der Waals surface area (Å²) in [6.07, 6.45) is 0. The van der Waals surface area contributed by atoms with Crippen molar-refractivity contribution in [2.75, 3.05) is 0 Å². The lowest BCUT2D eigenvalue weighted by Crippen LogP contribution is -2.00. The molecule has 0 bridgehead atoms. The van der Waals surface area contributed by atoms with E-state index in [4.69, 9.17) is 28.3 Å². The molecule has 1 rings (SSSR count). The highest BCUT2D eigenvalue weighted by atomic mass is 35.5. The summed E-state index contributed by atoms with van der Waals surface area (Å²) in [5, 5.41) is 9.35. The van der Waals surface area contributed by atoms with Crippen molar-refractivity contribution in [3.05, 3.63) is 33.3 Å². The molecule has 0 saturated carbocycles. The SMILES string of the molecule is CC.Cc1c(Cl)ccc(Cl)c1C(=O)O. The summed E-state index contributed by atoms with van der Waals surface area (Å²) in [6, 6.07) is 3.05. The first kappa shape index (κ1) is 13.3. The first-order valence-electron chi connectivity index (χ1n) is 4.22. The van der Waals surface area contributed by atoms with Gasteiger partial charge in [-0.25, -0.2) is 4.79 Å². The molecular weight excluding hydrogens is 223 g/mol. The standard InChI is InChI=1S/C8H6Cl2O2.C2H6/c1-4-5(9)2-3-6(10)7(4)8(11)12;1-2/h2-3H,1H3,(H,11,12);1-2H3. The van der Waals surface area contributed by atoms with E-state index in [9.17, 15) is 4.79 Å². The molecule has 0 spiro atoms. The number of carboxylic acid groups (broad SMARTS) is 1. The number of carboxylic acids is 1. The molecule has 0 fully saturated rings. The highest BCUT2D eigenvalue weighted by molar-refractivity contribution is 6.36. The average Bonchev–Trinajstić information content (AvgIpc) is 2.15. The van der Waals surface area contributed by atoms with E-state index in [0.29, 0.717) is 10.6 Å². The van der Waals surface area contributed by atoms with Crippen molar-refractivity contribution in [1.29, 1.82) is 0 Å². The third kappa shape index (κ3) is 2.89. The zero-order chi connectivity index (χ0) is 11.3. The fourth-order valence-electron chi connectivity index (χ4n) is 0.916. The highest BCUT2D eigenvalue weighted by Crippen LogP contribution is 2.25. The molecule has 0 heterocycles. The predicted octanol–water partition coefficient (Wildman–Crippen LogP) is 4.03. The minimum atomic E-state index is -1.06. The summed E-state index contributed by atoms with van der Waals surface area (Å²) < 4.78 is 0. The molecule has 0 aromatic heterocycles. The fraction of sp³-hybridized carbons (Fsp3) is 0.300. The minimum Gasteiger partial charge on any atom is -0.478 e. The maximum atomic E-state index is 10.7. The molecule has 0 aliphatic rings. The van der Waals surface area contributed by atoms with E-state index in [1.165, 1.54) is 6.07 Å². The van der Waals surface area contributed by atoms with Crippen molar-refractivity contribution in [3.8, 4) is 0 Å². The van der Waals surface area contributed by atoms with Crippen LogP contribution in [0.25, 0.3) is 0 Å². The van der Waals surface area contributed by atoms with E-state index in [1.807, 2.05) is 13.8 Å². The van der Waals surface area contributed by atoms with E-state index in [1.54, 1.807) is 13.0 Å². The van der Waals surface area contributed by atoms with Crippen LogP contribution in [0.15, 0.2) is 12.1 Å². The number of benzene rings is 1. The van der Waals surface area contributed by atoms with Gasteiger partial charge in [0.15, 0.2) is 0 Å². The van der Waals surface area contributed by atoms with Crippen molar-refractivity contribution in [3.63, 3.8) is 0 Å². The summed E-state index contributed by atoms with van der Waals surface area (Å²) in [6.45, 7) is 5.62. The first-order valence-corrected chi connectivity index (χ1v) is 4.97. The van der Waals surface area contributed by atoms with Crippen LogP contribution in [0.3, 0.4) is 0 Å². The molecule has 0 radical (unpaired) electrons. The Morgan fingerprint density at radius 1 is 1.21 bits per heavy atom. The van der Waals surface area contributed by atoms with Gasteiger partial charge < -0.3 is 5.11 Å². The van der Waals surface area contributed by atoms with Crippen molar-refractivity contribution >= 4 is 29.2 Å². The van der Waals surface area contributed by atoms with Gasteiger partial charge in [0.1, 0.15) is 0 Å². The summed E-state index contributed by atoms with van der Waals surface area (Å²) in [5.74, 6) is -1.06. The van der Waals surface area contributed by atoms with Gasteiger partial charge in [-0.1, -0.05) is 37.0 Å². The second-order valence-electron chi connectivity index (χ2n) is 2.33. The predicted molar refractivity (Wildman–Crippen MR) is 59.5 cm³/mol. The van der Waals surface area contributed by atoms with Gasteiger partial charge in [-0.2, -0.15) is 0 Å². The van der Waals surface area contributed by atoms with Crippen LogP contribution in [-0.4, -0.2) is 11.1 Å². The summed E-state index contributed by atoms with van der Waals surface area (Å²) in [4.78, 5) is 10.7. The maximum absolute atomic E-state index is 10.7. The molecule has 0 aliphatic heterocycles. The molecule has 2 nitrogen and oxygen atoms in total. The lowest BCUT2D eigenvalue weighted by molar-refractivity contribution is 0.0696. The van der Waals surface area contributed by atoms with Crippen molar-refractivity contribution in [2.45, 2.75) is 20.8 Å². The third-order valence-electron chi connectivity index (χ3n) is 1.56. The Balaban J connectivity index is 0.000000791. The molecule has 14 heavy (non-hydrogen) atoms. The minimum absolute atomic E-state index is 0.0733. The second kappa shape index (κ2) is 5.89. The molecule has 0 unspecified atom stereocenters. The number of rotatable bonds is 1. The Morgan fingerprint density at radius 3 is 2.00 bits per heavy atom. The van der Waals surface area contributed by atoms with Crippen LogP contribution < -0.4 is 0 Å². The Labute approximate surface area is 93.5 Å². The van der Waals surface area contributed by atoms with Crippen LogP contribution in [0, 0.1) is 6.92 Å². The Kier molecular flexibility index (Phi) is 5.58. The van der Waals surface area contributed by atoms with Gasteiger partial charge >= 0.3 is 5.97 Å². The van der Waals surface area contributed by atoms with E-state index in [2.05, 4.69) is 0 Å². The Hall–Kier alpha value is -0.730. The van der Waals surface area contributed by atoms with E-state index in [0.717, 1.165) is 0 Å². The van der Waals surface area contributed by atoms with Crippen LogP contribution in [0.4, 0.5) is 0 Å². The lowest BCUT2D eigenvalue weighted by atomic mass is 10.1. The van der Waals surface area contributed by atoms with Gasteiger partial charge in [0.05, 0.1) is 10.6 Å². The molecule has 0 amide bonds. The van der Waals surface area contributed by atoms with E-state index >= 15 is 0 Å². The smallest absolute Gasteiger partial charge is 0.337 e. The topological polar surface area (TPSA) is 37.3 Å². The van der Waals surface area contributed by atoms with Crippen LogP contribution in [-0.2, 0) is 0 Å². The van der Waals surface area contributed by atoms with Crippen molar-refractivity contribution in [1.82, 2.24) is 0 Å². The molecule has 4 heteroatoms. The quantitative estimate of drug-likeness (QED) is 0.797. The number of hydrogen-bond acceptors (Lipinski definition) is 1. The van der Waals surface area contributed by atoms with Crippen molar-refractivity contribution < 1.29 is 9.90 Å². The second-order valence-corrected chi connectivity index (χ2v) is 3.15. The molecule has 0 aliphatic carbocycles. The van der Waals surface area contributed by atoms with E-state index in [-0.39, 0.29) is 10.6 Å². The van der Waals surface area contributed by atoms with Gasteiger partial charge in [0.25, 0.3) is 0 Å². The fourth-order valence-corrected chi connectivity index (χ4v) is 1.36. The Bertz CT molecular complexity index is 335.